The molecule has 5 nitrogen and oxygen atoms in total. The van der Waals surface area contributed by atoms with Gasteiger partial charge in [0.25, 0.3) is 5.91 Å². The Morgan fingerprint density at radius 3 is 2.29 bits per heavy atom. The van der Waals surface area contributed by atoms with Crippen molar-refractivity contribution in [2.45, 2.75) is 44.3 Å². The molecule has 1 aliphatic carbocycles. The van der Waals surface area contributed by atoms with Crippen LogP contribution in [0.5, 0.6) is 0 Å². The zero-order chi connectivity index (χ0) is 19.9. The number of carbonyl (C=O) groups is 2. The summed E-state index contributed by atoms with van der Waals surface area (Å²) in [4.78, 5) is 24.7. The van der Waals surface area contributed by atoms with Gasteiger partial charge in [-0.15, -0.1) is 0 Å². The van der Waals surface area contributed by atoms with Crippen LogP contribution < -0.4 is 16.0 Å². The molecule has 2 atom stereocenters. The van der Waals surface area contributed by atoms with Crippen LogP contribution >= 0.6 is 11.6 Å². The lowest BCUT2D eigenvalue weighted by atomic mass is 9.90. The van der Waals surface area contributed by atoms with Crippen LogP contribution in [0.1, 0.15) is 41.6 Å². The first-order valence-corrected chi connectivity index (χ1v) is 9.75. The monoisotopic (exact) mass is 403 g/mol. The predicted molar refractivity (Wildman–Crippen MR) is 107 cm³/mol. The molecule has 7 heteroatoms. The number of hydrogen-bond acceptors (Lipinski definition) is 2. The first-order valence-electron chi connectivity index (χ1n) is 9.37. The van der Waals surface area contributed by atoms with E-state index in [0.29, 0.717) is 17.1 Å². The van der Waals surface area contributed by atoms with Crippen LogP contribution in [-0.2, 0) is 6.54 Å². The topological polar surface area (TPSA) is 70.2 Å². The molecule has 3 rings (SSSR count). The van der Waals surface area contributed by atoms with E-state index in [1.807, 2.05) is 18.2 Å². The van der Waals surface area contributed by atoms with Gasteiger partial charge in [-0.3, -0.25) is 4.79 Å². The number of rotatable bonds is 5. The summed E-state index contributed by atoms with van der Waals surface area (Å²) in [5.41, 5.74) is 1.23. The van der Waals surface area contributed by atoms with Gasteiger partial charge in [0.15, 0.2) is 0 Å². The van der Waals surface area contributed by atoms with Crippen LogP contribution in [-0.4, -0.2) is 24.0 Å². The number of hydrogen-bond donors (Lipinski definition) is 3. The van der Waals surface area contributed by atoms with Gasteiger partial charge >= 0.3 is 6.03 Å². The standard InChI is InChI=1S/C21H23ClFN3O2/c22-17-6-2-1-5-15(17)13-24-21(28)26-19-8-4-3-7-18(19)25-20(27)14-9-11-16(23)12-10-14/h1-2,5-6,9-12,18-19H,3-4,7-8,13H2,(H,25,27)(H2,24,26,28). The molecular weight excluding hydrogens is 381 g/mol. The fourth-order valence-electron chi connectivity index (χ4n) is 3.37. The zero-order valence-corrected chi connectivity index (χ0v) is 16.1. The van der Waals surface area contributed by atoms with Crippen LogP contribution in [0.15, 0.2) is 48.5 Å². The van der Waals surface area contributed by atoms with Crippen LogP contribution in [0.2, 0.25) is 5.02 Å². The summed E-state index contributed by atoms with van der Waals surface area (Å²) in [6.45, 7) is 0.324. The molecule has 3 N–H and O–H groups in total. The SMILES string of the molecule is O=C(NCc1ccccc1Cl)NC1CCCCC1NC(=O)c1ccc(F)cc1. The Bertz CT molecular complexity index is 829. The van der Waals surface area contributed by atoms with Crippen molar-refractivity contribution >= 4 is 23.5 Å². The van der Waals surface area contributed by atoms with E-state index in [0.717, 1.165) is 31.2 Å². The molecular formula is C21H23ClFN3O2. The van der Waals surface area contributed by atoms with Crippen LogP contribution in [0, 0.1) is 5.82 Å². The Morgan fingerprint density at radius 1 is 0.964 bits per heavy atom. The summed E-state index contributed by atoms with van der Waals surface area (Å²) in [7, 11) is 0. The molecule has 2 aromatic rings. The summed E-state index contributed by atoms with van der Waals surface area (Å²) in [6, 6.07) is 12.1. The number of amides is 3. The fourth-order valence-corrected chi connectivity index (χ4v) is 3.57. The number of benzene rings is 2. The highest BCUT2D eigenvalue weighted by atomic mass is 35.5. The third kappa shape index (κ3) is 5.45. The van der Waals surface area contributed by atoms with Gasteiger partial charge < -0.3 is 16.0 Å². The third-order valence-electron chi connectivity index (χ3n) is 4.90. The fraction of sp³-hybridized carbons (Fsp3) is 0.333. The minimum Gasteiger partial charge on any atom is -0.347 e. The van der Waals surface area contributed by atoms with Crippen molar-refractivity contribution in [2.75, 3.05) is 0 Å². The van der Waals surface area contributed by atoms with Crippen LogP contribution in [0.25, 0.3) is 0 Å². The normalized spacial score (nSPS) is 18.9. The number of urea groups is 1. The molecule has 1 aliphatic rings. The molecule has 1 fully saturated rings. The Morgan fingerprint density at radius 2 is 1.61 bits per heavy atom. The molecule has 2 unspecified atom stereocenters. The van der Waals surface area contributed by atoms with Gasteiger partial charge in [0.05, 0.1) is 6.04 Å². The lowest BCUT2D eigenvalue weighted by molar-refractivity contribution is 0.0916. The largest absolute Gasteiger partial charge is 0.347 e. The van der Waals surface area contributed by atoms with Crippen molar-refractivity contribution in [3.8, 4) is 0 Å². The Hall–Kier alpha value is -2.60. The van der Waals surface area contributed by atoms with Gasteiger partial charge in [0, 0.05) is 23.2 Å². The Balaban J connectivity index is 1.55. The Labute approximate surface area is 168 Å². The maximum atomic E-state index is 13.0. The van der Waals surface area contributed by atoms with Gasteiger partial charge in [0.2, 0.25) is 0 Å². The minimum atomic E-state index is -0.385. The average molecular weight is 404 g/mol. The molecule has 2 aromatic carbocycles. The third-order valence-corrected chi connectivity index (χ3v) is 5.27. The van der Waals surface area contributed by atoms with Crippen molar-refractivity contribution in [2.24, 2.45) is 0 Å². The zero-order valence-electron chi connectivity index (χ0n) is 15.4. The van der Waals surface area contributed by atoms with E-state index in [4.69, 9.17) is 11.6 Å². The van der Waals surface area contributed by atoms with Crippen molar-refractivity contribution < 1.29 is 14.0 Å². The van der Waals surface area contributed by atoms with Crippen molar-refractivity contribution in [3.63, 3.8) is 0 Å². The highest BCUT2D eigenvalue weighted by Gasteiger charge is 2.28. The van der Waals surface area contributed by atoms with Gasteiger partial charge in [-0.05, 0) is 48.7 Å². The lowest BCUT2D eigenvalue weighted by Crippen LogP contribution is -2.55. The van der Waals surface area contributed by atoms with E-state index in [9.17, 15) is 14.0 Å². The van der Waals surface area contributed by atoms with Crippen molar-refractivity contribution in [1.82, 2.24) is 16.0 Å². The second-order valence-corrected chi connectivity index (χ2v) is 7.30. The number of halogens is 2. The summed E-state index contributed by atoms with van der Waals surface area (Å²) in [5, 5.41) is 9.34. The molecule has 0 saturated heterocycles. The molecule has 148 valence electrons. The van der Waals surface area contributed by atoms with E-state index in [1.165, 1.54) is 24.3 Å². The summed E-state index contributed by atoms with van der Waals surface area (Å²) >= 11 is 6.11. The van der Waals surface area contributed by atoms with Crippen molar-refractivity contribution in [3.05, 3.63) is 70.5 Å². The molecule has 28 heavy (non-hydrogen) atoms. The maximum absolute atomic E-state index is 13.0. The molecule has 0 heterocycles. The summed E-state index contributed by atoms with van der Waals surface area (Å²) in [5.74, 6) is -0.654. The molecule has 0 radical (unpaired) electrons. The van der Waals surface area contributed by atoms with Gasteiger partial charge in [-0.25, -0.2) is 9.18 Å². The molecule has 0 bridgehead atoms. The number of carbonyl (C=O) groups excluding carboxylic acids is 2. The average Bonchev–Trinajstić information content (AvgIpc) is 2.69. The maximum Gasteiger partial charge on any atom is 0.315 e. The van der Waals surface area contributed by atoms with Gasteiger partial charge in [0.1, 0.15) is 5.82 Å². The first kappa shape index (κ1) is 20.1. The number of nitrogens with one attached hydrogen (secondary N) is 3. The van der Waals surface area contributed by atoms with Crippen molar-refractivity contribution in [1.29, 1.82) is 0 Å². The second kappa shape index (κ2) is 9.55. The Kier molecular flexibility index (Phi) is 6.87. The molecule has 3 amide bonds. The van der Waals surface area contributed by atoms with E-state index in [1.54, 1.807) is 6.07 Å². The van der Waals surface area contributed by atoms with E-state index in [-0.39, 0.29) is 29.8 Å². The van der Waals surface area contributed by atoms with Crippen LogP contribution in [0.4, 0.5) is 9.18 Å². The molecule has 0 spiro atoms. The molecule has 1 saturated carbocycles. The van der Waals surface area contributed by atoms with E-state index < -0.39 is 0 Å². The minimum absolute atomic E-state index is 0.163. The quantitative estimate of drug-likeness (QED) is 0.705. The molecule has 0 aromatic heterocycles. The van der Waals surface area contributed by atoms with E-state index in [2.05, 4.69) is 16.0 Å². The molecule has 0 aliphatic heterocycles. The van der Waals surface area contributed by atoms with Gasteiger partial charge in [-0.1, -0.05) is 42.6 Å². The van der Waals surface area contributed by atoms with Gasteiger partial charge in [-0.2, -0.15) is 0 Å². The summed E-state index contributed by atoms with van der Waals surface area (Å²) < 4.78 is 13.0. The van der Waals surface area contributed by atoms with E-state index >= 15 is 0 Å². The second-order valence-electron chi connectivity index (χ2n) is 6.90. The first-order chi connectivity index (χ1) is 13.5. The predicted octanol–water partition coefficient (Wildman–Crippen LogP) is 4.02. The highest BCUT2D eigenvalue weighted by Crippen LogP contribution is 2.19. The summed E-state index contributed by atoms with van der Waals surface area (Å²) in [6.07, 6.45) is 3.53. The smallest absolute Gasteiger partial charge is 0.315 e. The lowest BCUT2D eigenvalue weighted by Gasteiger charge is -2.32. The van der Waals surface area contributed by atoms with Crippen LogP contribution in [0.3, 0.4) is 0 Å². The highest BCUT2D eigenvalue weighted by molar-refractivity contribution is 6.31.